The van der Waals surface area contributed by atoms with Gasteiger partial charge in [0.25, 0.3) is 0 Å². The molecule has 2 rings (SSSR count). The minimum absolute atomic E-state index is 0.263. The minimum atomic E-state index is -3.32. The maximum Gasteiger partial charge on any atom is 0.244 e. The lowest BCUT2D eigenvalue weighted by Gasteiger charge is -2.07. The molecule has 0 unspecified atom stereocenters. The molecule has 0 fully saturated rings. The predicted molar refractivity (Wildman–Crippen MR) is 89.2 cm³/mol. The summed E-state index contributed by atoms with van der Waals surface area (Å²) in [5.41, 5.74) is 1.25. The van der Waals surface area contributed by atoms with Crippen molar-refractivity contribution < 1.29 is 17.6 Å². The Bertz CT molecular complexity index is 822. The third kappa shape index (κ3) is 5.99. The van der Waals surface area contributed by atoms with Gasteiger partial charge in [0.05, 0.1) is 6.26 Å². The van der Waals surface area contributed by atoms with E-state index in [1.165, 1.54) is 6.08 Å². The molecule has 1 aromatic carbocycles. The summed E-state index contributed by atoms with van der Waals surface area (Å²) in [7, 11) is -3.32. The zero-order chi connectivity index (χ0) is 16.9. The molecule has 0 bridgehead atoms. The third-order valence-corrected chi connectivity index (χ3v) is 3.46. The first-order valence-electron chi connectivity index (χ1n) is 6.91. The van der Waals surface area contributed by atoms with E-state index in [-0.39, 0.29) is 5.91 Å². The number of carbonyl (C=O) groups is 1. The quantitative estimate of drug-likeness (QED) is 0.793. The number of hydrogen-bond donors (Lipinski definition) is 2. The van der Waals surface area contributed by atoms with Gasteiger partial charge in [-0.1, -0.05) is 12.1 Å². The summed E-state index contributed by atoms with van der Waals surface area (Å²) >= 11 is 0. The van der Waals surface area contributed by atoms with Gasteiger partial charge in [0.2, 0.25) is 15.9 Å². The van der Waals surface area contributed by atoms with Gasteiger partial charge >= 0.3 is 0 Å². The van der Waals surface area contributed by atoms with E-state index in [0.29, 0.717) is 18.0 Å². The van der Waals surface area contributed by atoms with Crippen LogP contribution < -0.4 is 10.0 Å². The average molecular weight is 334 g/mol. The van der Waals surface area contributed by atoms with Gasteiger partial charge in [0.1, 0.15) is 11.5 Å². The molecule has 1 aromatic heterocycles. The van der Waals surface area contributed by atoms with Gasteiger partial charge < -0.3 is 9.73 Å². The number of carbonyl (C=O) groups excluding carboxylic acids is 1. The summed E-state index contributed by atoms with van der Waals surface area (Å²) in [5, 5.41) is 2.72. The van der Waals surface area contributed by atoms with E-state index in [1.54, 1.807) is 36.4 Å². The standard InChI is InChI=1S/C16H18N2O4S/c1-12-6-7-15(22-12)8-9-16(19)17-11-13-4-3-5-14(10-13)18-23(2,20)21/h3-10,18H,11H2,1-2H3,(H,17,19). The number of rotatable bonds is 6. The minimum Gasteiger partial charge on any atom is -0.462 e. The second kappa shape index (κ2) is 7.15. The SMILES string of the molecule is Cc1ccc(C=CC(=O)NCc2cccc(NS(C)(=O)=O)c2)o1. The fourth-order valence-corrected chi connectivity index (χ4v) is 2.46. The van der Waals surface area contributed by atoms with Crippen molar-refractivity contribution in [2.45, 2.75) is 13.5 Å². The number of nitrogens with one attached hydrogen (secondary N) is 2. The first kappa shape index (κ1) is 16.8. The van der Waals surface area contributed by atoms with Crippen LogP contribution in [0.1, 0.15) is 17.1 Å². The summed E-state index contributed by atoms with van der Waals surface area (Å²) in [6, 6.07) is 10.4. The average Bonchev–Trinajstić information content (AvgIpc) is 2.87. The van der Waals surface area contributed by atoms with Crippen molar-refractivity contribution in [1.82, 2.24) is 5.32 Å². The third-order valence-electron chi connectivity index (χ3n) is 2.86. The van der Waals surface area contributed by atoms with Crippen molar-refractivity contribution in [3.05, 3.63) is 59.6 Å². The number of aryl methyl sites for hydroxylation is 1. The zero-order valence-corrected chi connectivity index (χ0v) is 13.7. The number of benzene rings is 1. The van der Waals surface area contributed by atoms with Crippen LogP contribution >= 0.6 is 0 Å². The van der Waals surface area contributed by atoms with Crippen LogP contribution in [0.2, 0.25) is 0 Å². The second-order valence-corrected chi connectivity index (χ2v) is 6.82. The van der Waals surface area contributed by atoms with Crippen molar-refractivity contribution >= 4 is 27.7 Å². The van der Waals surface area contributed by atoms with E-state index in [0.717, 1.165) is 17.6 Å². The van der Waals surface area contributed by atoms with Crippen LogP contribution in [0.3, 0.4) is 0 Å². The lowest BCUT2D eigenvalue weighted by molar-refractivity contribution is -0.116. The van der Waals surface area contributed by atoms with E-state index >= 15 is 0 Å². The molecule has 0 aliphatic heterocycles. The molecule has 0 saturated heterocycles. The van der Waals surface area contributed by atoms with E-state index < -0.39 is 10.0 Å². The molecule has 0 saturated carbocycles. The molecule has 6 nitrogen and oxygen atoms in total. The molecular weight excluding hydrogens is 316 g/mol. The Morgan fingerprint density at radius 3 is 2.70 bits per heavy atom. The van der Waals surface area contributed by atoms with E-state index in [2.05, 4.69) is 10.0 Å². The first-order valence-corrected chi connectivity index (χ1v) is 8.80. The van der Waals surface area contributed by atoms with Gasteiger partial charge in [-0.2, -0.15) is 0 Å². The van der Waals surface area contributed by atoms with Crippen molar-refractivity contribution in [3.8, 4) is 0 Å². The van der Waals surface area contributed by atoms with Crippen molar-refractivity contribution in [3.63, 3.8) is 0 Å². The Morgan fingerprint density at radius 2 is 2.04 bits per heavy atom. The molecule has 0 spiro atoms. The highest BCUT2D eigenvalue weighted by Gasteiger charge is 2.03. The summed E-state index contributed by atoms with van der Waals surface area (Å²) in [6.45, 7) is 2.12. The lowest BCUT2D eigenvalue weighted by atomic mass is 10.2. The number of furan rings is 1. The molecule has 2 aromatic rings. The van der Waals surface area contributed by atoms with Gasteiger partial charge in [0.15, 0.2) is 0 Å². The Labute approximate surface area is 135 Å². The summed E-state index contributed by atoms with van der Waals surface area (Å²) < 4.78 is 30.1. The molecule has 0 aliphatic carbocycles. The highest BCUT2D eigenvalue weighted by Crippen LogP contribution is 2.12. The van der Waals surface area contributed by atoms with Gasteiger partial charge in [-0.3, -0.25) is 9.52 Å². The second-order valence-electron chi connectivity index (χ2n) is 5.07. The number of anilines is 1. The highest BCUT2D eigenvalue weighted by molar-refractivity contribution is 7.92. The Hall–Kier alpha value is -2.54. The topological polar surface area (TPSA) is 88.4 Å². The fourth-order valence-electron chi connectivity index (χ4n) is 1.91. The molecule has 0 atom stereocenters. The molecule has 1 amide bonds. The molecule has 23 heavy (non-hydrogen) atoms. The Morgan fingerprint density at radius 1 is 1.26 bits per heavy atom. The maximum atomic E-state index is 11.8. The monoisotopic (exact) mass is 334 g/mol. The predicted octanol–water partition coefficient (Wildman–Crippen LogP) is 2.29. The molecular formula is C16H18N2O4S. The largest absolute Gasteiger partial charge is 0.462 e. The van der Waals surface area contributed by atoms with Crippen LogP contribution in [-0.4, -0.2) is 20.6 Å². The fraction of sp³-hybridized carbons (Fsp3) is 0.188. The maximum absolute atomic E-state index is 11.8. The van der Waals surface area contributed by atoms with Crippen LogP contribution in [0, 0.1) is 6.92 Å². The van der Waals surface area contributed by atoms with Gasteiger partial charge in [-0.25, -0.2) is 8.42 Å². The number of amides is 1. The van der Waals surface area contributed by atoms with Crippen LogP contribution in [0.4, 0.5) is 5.69 Å². The van der Waals surface area contributed by atoms with Gasteiger partial charge in [0, 0.05) is 18.3 Å². The number of hydrogen-bond acceptors (Lipinski definition) is 4. The number of sulfonamides is 1. The first-order chi connectivity index (χ1) is 10.8. The van der Waals surface area contributed by atoms with E-state index in [4.69, 9.17) is 4.42 Å². The van der Waals surface area contributed by atoms with E-state index in [1.807, 2.05) is 13.0 Å². The summed E-state index contributed by atoms with van der Waals surface area (Å²) in [6.07, 6.45) is 4.06. The molecule has 122 valence electrons. The van der Waals surface area contributed by atoms with Crippen molar-refractivity contribution in [1.29, 1.82) is 0 Å². The van der Waals surface area contributed by atoms with Crippen LogP contribution in [-0.2, 0) is 21.4 Å². The van der Waals surface area contributed by atoms with Crippen LogP contribution in [0.15, 0.2) is 46.9 Å². The smallest absolute Gasteiger partial charge is 0.244 e. The molecule has 2 N–H and O–H groups in total. The van der Waals surface area contributed by atoms with Crippen molar-refractivity contribution in [2.75, 3.05) is 11.0 Å². The molecule has 7 heteroatoms. The summed E-state index contributed by atoms with van der Waals surface area (Å²) in [5.74, 6) is 1.12. The van der Waals surface area contributed by atoms with Crippen LogP contribution in [0.25, 0.3) is 6.08 Å². The molecule has 0 radical (unpaired) electrons. The molecule has 1 heterocycles. The Balaban J connectivity index is 1.91. The normalized spacial score (nSPS) is 11.6. The lowest BCUT2D eigenvalue weighted by Crippen LogP contribution is -2.20. The van der Waals surface area contributed by atoms with Gasteiger partial charge in [-0.15, -0.1) is 0 Å². The highest BCUT2D eigenvalue weighted by atomic mass is 32.2. The zero-order valence-electron chi connectivity index (χ0n) is 12.9. The van der Waals surface area contributed by atoms with Gasteiger partial charge in [-0.05, 0) is 42.8 Å². The van der Waals surface area contributed by atoms with Crippen molar-refractivity contribution in [2.24, 2.45) is 0 Å². The van der Waals surface area contributed by atoms with Crippen LogP contribution in [0.5, 0.6) is 0 Å². The Kier molecular flexibility index (Phi) is 5.23. The molecule has 0 aliphatic rings. The summed E-state index contributed by atoms with van der Waals surface area (Å²) in [4.78, 5) is 11.8. The van der Waals surface area contributed by atoms with E-state index in [9.17, 15) is 13.2 Å².